The van der Waals surface area contributed by atoms with Crippen molar-refractivity contribution in [1.82, 2.24) is 0 Å². The molecule has 0 aromatic rings. The highest BCUT2D eigenvalue weighted by Crippen LogP contribution is 2.45. The SMILES string of the molecule is C/C=C(\C=C/C(C)(C)B1OC(C)(C)C(C)(C)O1)C(=O)C(=O)OCC. The second-order valence-electron chi connectivity index (χ2n) is 7.54. The van der Waals surface area contributed by atoms with Crippen LogP contribution in [-0.4, -0.2) is 36.7 Å². The summed E-state index contributed by atoms with van der Waals surface area (Å²) in [5.41, 5.74) is -0.557. The number of allylic oxidation sites excluding steroid dienone is 3. The van der Waals surface area contributed by atoms with Crippen LogP contribution in [0.4, 0.5) is 0 Å². The molecule has 1 aliphatic heterocycles. The second-order valence-corrected chi connectivity index (χ2v) is 7.54. The van der Waals surface area contributed by atoms with E-state index in [0.717, 1.165) is 0 Å². The van der Waals surface area contributed by atoms with Crippen molar-refractivity contribution in [3.63, 3.8) is 0 Å². The third kappa shape index (κ3) is 4.36. The molecular weight excluding hydrogens is 307 g/mol. The van der Waals surface area contributed by atoms with Crippen molar-refractivity contribution in [1.29, 1.82) is 0 Å². The summed E-state index contributed by atoms with van der Waals surface area (Å²) in [4.78, 5) is 23.7. The van der Waals surface area contributed by atoms with E-state index in [4.69, 9.17) is 14.0 Å². The van der Waals surface area contributed by atoms with Gasteiger partial charge in [0.15, 0.2) is 0 Å². The zero-order valence-electron chi connectivity index (χ0n) is 16.1. The van der Waals surface area contributed by atoms with Gasteiger partial charge in [-0.05, 0) is 41.5 Å². The molecule has 1 rings (SSSR count). The summed E-state index contributed by atoms with van der Waals surface area (Å²) in [7, 11) is -0.449. The predicted molar refractivity (Wildman–Crippen MR) is 94.7 cm³/mol. The summed E-state index contributed by atoms with van der Waals surface area (Å²) in [6, 6.07) is 0. The van der Waals surface area contributed by atoms with Gasteiger partial charge < -0.3 is 14.0 Å². The third-order valence-electron chi connectivity index (χ3n) is 4.59. The molecule has 0 saturated carbocycles. The molecule has 24 heavy (non-hydrogen) atoms. The van der Waals surface area contributed by atoms with Gasteiger partial charge in [0.25, 0.3) is 5.78 Å². The first kappa shape index (κ1) is 20.6. The van der Waals surface area contributed by atoms with Gasteiger partial charge in [0.2, 0.25) is 0 Å². The van der Waals surface area contributed by atoms with Crippen molar-refractivity contribution in [2.24, 2.45) is 0 Å². The molecule has 0 aromatic carbocycles. The number of carbonyl (C=O) groups excluding carboxylic acids is 2. The number of hydrogen-bond donors (Lipinski definition) is 0. The molecule has 0 N–H and O–H groups in total. The molecule has 134 valence electrons. The summed E-state index contributed by atoms with van der Waals surface area (Å²) in [5.74, 6) is -1.50. The normalized spacial score (nSPS) is 20.5. The molecule has 0 atom stereocenters. The number of Topliss-reactive ketones (excluding diaryl/α,β-unsaturated/α-hetero) is 1. The average Bonchev–Trinajstić information content (AvgIpc) is 2.68. The minimum atomic E-state index is -0.844. The second kappa shape index (κ2) is 7.24. The maximum absolute atomic E-state index is 12.1. The van der Waals surface area contributed by atoms with Crippen LogP contribution in [-0.2, 0) is 23.6 Å². The van der Waals surface area contributed by atoms with Crippen molar-refractivity contribution in [3.05, 3.63) is 23.8 Å². The zero-order chi connectivity index (χ0) is 18.8. The predicted octanol–water partition coefficient (Wildman–Crippen LogP) is 3.49. The van der Waals surface area contributed by atoms with Crippen LogP contribution < -0.4 is 0 Å². The molecular formula is C18H29BO5. The smallest absolute Gasteiger partial charge is 0.460 e. The molecule has 0 spiro atoms. The van der Waals surface area contributed by atoms with Crippen LogP contribution in [0.25, 0.3) is 0 Å². The molecule has 0 radical (unpaired) electrons. The Morgan fingerprint density at radius 2 is 1.62 bits per heavy atom. The monoisotopic (exact) mass is 336 g/mol. The number of carbonyl (C=O) groups is 2. The van der Waals surface area contributed by atoms with Gasteiger partial charge in [-0.3, -0.25) is 4.79 Å². The van der Waals surface area contributed by atoms with Crippen LogP contribution in [0.15, 0.2) is 23.8 Å². The van der Waals surface area contributed by atoms with E-state index < -0.39 is 35.4 Å². The van der Waals surface area contributed by atoms with Gasteiger partial charge in [-0.25, -0.2) is 4.79 Å². The lowest BCUT2D eigenvalue weighted by Gasteiger charge is -2.32. The molecule has 1 fully saturated rings. The lowest BCUT2D eigenvalue weighted by atomic mass is 9.59. The van der Waals surface area contributed by atoms with Crippen molar-refractivity contribution in [2.45, 2.75) is 71.9 Å². The highest BCUT2D eigenvalue weighted by atomic mass is 16.7. The van der Waals surface area contributed by atoms with Gasteiger partial charge in [-0.15, -0.1) is 0 Å². The maximum Gasteiger partial charge on any atom is 0.467 e. The first-order valence-corrected chi connectivity index (χ1v) is 8.30. The topological polar surface area (TPSA) is 61.8 Å². The van der Waals surface area contributed by atoms with Crippen LogP contribution >= 0.6 is 0 Å². The zero-order valence-corrected chi connectivity index (χ0v) is 16.1. The Bertz CT molecular complexity index is 542. The largest absolute Gasteiger partial charge is 0.467 e. The number of rotatable bonds is 6. The van der Waals surface area contributed by atoms with Gasteiger partial charge >= 0.3 is 13.1 Å². The Kier molecular flexibility index (Phi) is 6.23. The summed E-state index contributed by atoms with van der Waals surface area (Å²) in [5, 5.41) is -0.478. The van der Waals surface area contributed by atoms with Gasteiger partial charge in [-0.2, -0.15) is 0 Å². The van der Waals surface area contributed by atoms with Crippen LogP contribution in [0.1, 0.15) is 55.4 Å². The first-order valence-electron chi connectivity index (χ1n) is 8.30. The Labute approximate surface area is 145 Å². The quantitative estimate of drug-likeness (QED) is 0.244. The highest BCUT2D eigenvalue weighted by molar-refractivity contribution is 6.50. The minimum Gasteiger partial charge on any atom is -0.460 e. The lowest BCUT2D eigenvalue weighted by molar-refractivity contribution is -0.151. The van der Waals surface area contributed by atoms with Crippen molar-refractivity contribution in [2.75, 3.05) is 6.61 Å². The van der Waals surface area contributed by atoms with Gasteiger partial charge in [-0.1, -0.05) is 32.1 Å². The fraction of sp³-hybridized carbons (Fsp3) is 0.667. The average molecular weight is 336 g/mol. The summed E-state index contributed by atoms with van der Waals surface area (Å²) >= 11 is 0. The van der Waals surface area contributed by atoms with Gasteiger partial charge in [0.1, 0.15) is 0 Å². The molecule has 0 aliphatic carbocycles. The molecule has 0 amide bonds. The number of esters is 1. The van der Waals surface area contributed by atoms with E-state index in [2.05, 4.69) is 0 Å². The molecule has 1 aliphatic rings. The van der Waals surface area contributed by atoms with E-state index in [9.17, 15) is 9.59 Å². The molecule has 0 unspecified atom stereocenters. The van der Waals surface area contributed by atoms with E-state index >= 15 is 0 Å². The third-order valence-corrected chi connectivity index (χ3v) is 4.59. The number of hydrogen-bond acceptors (Lipinski definition) is 5. The molecule has 0 aromatic heterocycles. The van der Waals surface area contributed by atoms with Crippen LogP contribution in [0.5, 0.6) is 0 Å². The van der Waals surface area contributed by atoms with E-state index in [1.807, 2.05) is 47.6 Å². The fourth-order valence-electron chi connectivity index (χ4n) is 2.15. The summed E-state index contributed by atoms with van der Waals surface area (Å²) in [6.45, 7) is 15.5. The molecule has 6 heteroatoms. The maximum atomic E-state index is 12.1. The molecule has 1 saturated heterocycles. The van der Waals surface area contributed by atoms with Crippen LogP contribution in [0.2, 0.25) is 5.31 Å². The summed E-state index contributed by atoms with van der Waals surface area (Å²) in [6.07, 6.45) is 5.06. The Hall–Kier alpha value is -1.40. The Balaban J connectivity index is 2.91. The van der Waals surface area contributed by atoms with Crippen molar-refractivity contribution < 1.29 is 23.6 Å². The first-order chi connectivity index (χ1) is 10.9. The minimum absolute atomic E-state index is 0.171. The lowest BCUT2D eigenvalue weighted by Crippen LogP contribution is -2.41. The van der Waals surface area contributed by atoms with E-state index in [1.165, 1.54) is 0 Å². The molecule has 0 bridgehead atoms. The van der Waals surface area contributed by atoms with E-state index in [-0.39, 0.29) is 12.2 Å². The standard InChI is InChI=1S/C18H29BO5/c1-9-13(14(20)15(21)22-10-2)11-12-16(3,4)19-23-17(5,6)18(7,8)24-19/h9,11-12H,10H2,1-8H3/b12-11-,13-9+. The summed E-state index contributed by atoms with van der Waals surface area (Å²) < 4.78 is 16.9. The van der Waals surface area contributed by atoms with Gasteiger partial charge in [0, 0.05) is 10.9 Å². The Morgan fingerprint density at radius 1 is 1.12 bits per heavy atom. The molecule has 5 nitrogen and oxygen atoms in total. The van der Waals surface area contributed by atoms with Crippen molar-refractivity contribution >= 4 is 18.9 Å². The van der Waals surface area contributed by atoms with E-state index in [1.54, 1.807) is 26.0 Å². The fourth-order valence-corrected chi connectivity index (χ4v) is 2.15. The van der Waals surface area contributed by atoms with Crippen LogP contribution in [0.3, 0.4) is 0 Å². The van der Waals surface area contributed by atoms with Crippen LogP contribution in [0, 0.1) is 0 Å². The number of ether oxygens (including phenoxy) is 1. The number of ketones is 1. The molecule has 1 heterocycles. The van der Waals surface area contributed by atoms with Gasteiger partial charge in [0.05, 0.1) is 17.8 Å². The van der Waals surface area contributed by atoms with E-state index in [0.29, 0.717) is 0 Å². The highest BCUT2D eigenvalue weighted by Gasteiger charge is 2.55. The van der Waals surface area contributed by atoms with Crippen molar-refractivity contribution in [3.8, 4) is 0 Å². The Morgan fingerprint density at radius 3 is 2.04 bits per heavy atom.